The average molecular weight is 360 g/mol. The Hall–Kier alpha value is -3.42. The van der Waals surface area contributed by atoms with E-state index in [4.69, 9.17) is 18.9 Å². The lowest BCUT2D eigenvalue weighted by molar-refractivity contribution is -0.133. The Kier molecular flexibility index (Phi) is 6.26. The van der Waals surface area contributed by atoms with Crippen molar-refractivity contribution >= 4 is 23.2 Å². The van der Waals surface area contributed by atoms with Crippen molar-refractivity contribution in [3.05, 3.63) is 36.4 Å². The van der Waals surface area contributed by atoms with Crippen LogP contribution in [0.5, 0.6) is 23.0 Å². The van der Waals surface area contributed by atoms with Gasteiger partial charge in [-0.25, -0.2) is 0 Å². The van der Waals surface area contributed by atoms with Crippen molar-refractivity contribution in [1.29, 1.82) is 0 Å². The molecule has 8 nitrogen and oxygen atoms in total. The number of methoxy groups -OCH3 is 4. The third-order valence-electron chi connectivity index (χ3n) is 3.52. The summed E-state index contributed by atoms with van der Waals surface area (Å²) < 4.78 is 20.6. The van der Waals surface area contributed by atoms with E-state index in [1.807, 2.05) is 0 Å². The average Bonchev–Trinajstić information content (AvgIpc) is 2.67. The zero-order valence-electron chi connectivity index (χ0n) is 14.9. The third-order valence-corrected chi connectivity index (χ3v) is 3.52. The minimum Gasteiger partial charge on any atom is -0.497 e. The number of hydrogen-bond donors (Lipinski definition) is 2. The molecule has 0 radical (unpaired) electrons. The maximum atomic E-state index is 12.2. The summed E-state index contributed by atoms with van der Waals surface area (Å²) in [6.45, 7) is 0. The van der Waals surface area contributed by atoms with Crippen molar-refractivity contribution in [2.45, 2.75) is 0 Å². The van der Waals surface area contributed by atoms with Gasteiger partial charge < -0.3 is 29.6 Å². The fraction of sp³-hybridized carbons (Fsp3) is 0.222. The van der Waals surface area contributed by atoms with Gasteiger partial charge in [-0.3, -0.25) is 9.59 Å². The molecule has 2 N–H and O–H groups in total. The zero-order chi connectivity index (χ0) is 19.1. The van der Waals surface area contributed by atoms with Gasteiger partial charge in [0.25, 0.3) is 0 Å². The van der Waals surface area contributed by atoms with Crippen LogP contribution in [0.4, 0.5) is 11.4 Å². The summed E-state index contributed by atoms with van der Waals surface area (Å²) in [6, 6.07) is 9.70. The molecule has 0 heterocycles. The lowest BCUT2D eigenvalue weighted by Crippen LogP contribution is -2.29. The zero-order valence-corrected chi connectivity index (χ0v) is 14.9. The van der Waals surface area contributed by atoms with Gasteiger partial charge >= 0.3 is 11.8 Å². The number of carbonyl (C=O) groups is 2. The Morgan fingerprint density at radius 2 is 1.04 bits per heavy atom. The lowest BCUT2D eigenvalue weighted by Gasteiger charge is -2.13. The predicted molar refractivity (Wildman–Crippen MR) is 96.4 cm³/mol. The second-order valence-electron chi connectivity index (χ2n) is 5.04. The maximum absolute atomic E-state index is 12.2. The molecule has 2 amide bonds. The first-order chi connectivity index (χ1) is 12.5. The molecule has 2 aromatic carbocycles. The van der Waals surface area contributed by atoms with Crippen LogP contribution >= 0.6 is 0 Å². The van der Waals surface area contributed by atoms with Crippen LogP contribution in [-0.4, -0.2) is 40.3 Å². The van der Waals surface area contributed by atoms with Crippen LogP contribution in [0.1, 0.15) is 0 Å². The molecular formula is C18H20N2O6. The fourth-order valence-electron chi connectivity index (χ4n) is 2.18. The van der Waals surface area contributed by atoms with E-state index in [1.165, 1.54) is 28.4 Å². The second kappa shape index (κ2) is 8.61. The number of benzene rings is 2. The lowest BCUT2D eigenvalue weighted by atomic mass is 10.2. The van der Waals surface area contributed by atoms with E-state index in [1.54, 1.807) is 36.4 Å². The Bertz CT molecular complexity index is 739. The van der Waals surface area contributed by atoms with Gasteiger partial charge in [-0.15, -0.1) is 0 Å². The highest BCUT2D eigenvalue weighted by atomic mass is 16.5. The largest absolute Gasteiger partial charge is 0.497 e. The number of hydrogen-bond acceptors (Lipinski definition) is 6. The van der Waals surface area contributed by atoms with Crippen LogP contribution in [-0.2, 0) is 9.59 Å². The third kappa shape index (κ3) is 4.35. The summed E-state index contributed by atoms with van der Waals surface area (Å²) in [7, 11) is 5.90. The molecule has 8 heteroatoms. The van der Waals surface area contributed by atoms with E-state index >= 15 is 0 Å². The van der Waals surface area contributed by atoms with Crippen LogP contribution in [0.3, 0.4) is 0 Å². The van der Waals surface area contributed by atoms with Gasteiger partial charge in [-0.1, -0.05) is 0 Å². The minimum atomic E-state index is -0.874. The highest BCUT2D eigenvalue weighted by Gasteiger charge is 2.18. The highest BCUT2D eigenvalue weighted by molar-refractivity contribution is 6.44. The van der Waals surface area contributed by atoms with Gasteiger partial charge in [0.05, 0.1) is 39.8 Å². The van der Waals surface area contributed by atoms with Crippen molar-refractivity contribution < 1.29 is 28.5 Å². The van der Waals surface area contributed by atoms with E-state index in [0.717, 1.165) is 0 Å². The molecule has 0 aliphatic heterocycles. The van der Waals surface area contributed by atoms with E-state index in [-0.39, 0.29) is 0 Å². The predicted octanol–water partition coefficient (Wildman–Crippen LogP) is 2.30. The summed E-state index contributed by atoms with van der Waals surface area (Å²) >= 11 is 0. The second-order valence-corrected chi connectivity index (χ2v) is 5.04. The van der Waals surface area contributed by atoms with E-state index in [2.05, 4.69) is 10.6 Å². The molecule has 0 spiro atoms. The molecule has 0 fully saturated rings. The van der Waals surface area contributed by atoms with Crippen molar-refractivity contribution in [2.75, 3.05) is 39.1 Å². The van der Waals surface area contributed by atoms with E-state index in [9.17, 15) is 9.59 Å². The first kappa shape index (κ1) is 18.9. The number of ether oxygens (including phenoxy) is 4. The summed E-state index contributed by atoms with van der Waals surface area (Å²) in [5, 5.41) is 4.99. The van der Waals surface area contributed by atoms with Crippen molar-refractivity contribution in [3.8, 4) is 23.0 Å². The monoisotopic (exact) mass is 360 g/mol. The maximum Gasteiger partial charge on any atom is 0.314 e. The standard InChI is InChI=1S/C18H20N2O6/c1-23-11-5-7-15(25-3)13(9-11)19-17(21)18(22)20-14-10-12(24-2)6-8-16(14)26-4/h5-10H,1-4H3,(H,19,21)(H,20,22). The number of amides is 2. The van der Waals surface area contributed by atoms with Crippen LogP contribution in [0, 0.1) is 0 Å². The van der Waals surface area contributed by atoms with Crippen LogP contribution < -0.4 is 29.6 Å². The van der Waals surface area contributed by atoms with Gasteiger partial charge in [0.1, 0.15) is 23.0 Å². The number of anilines is 2. The fourth-order valence-corrected chi connectivity index (χ4v) is 2.18. The SMILES string of the molecule is COc1ccc(OC)c(NC(=O)C(=O)Nc2cc(OC)ccc2OC)c1. The molecule has 0 atom stereocenters. The molecule has 26 heavy (non-hydrogen) atoms. The van der Waals surface area contributed by atoms with Gasteiger partial charge in [-0.05, 0) is 24.3 Å². The molecule has 2 rings (SSSR count). The van der Waals surface area contributed by atoms with Crippen LogP contribution in [0.15, 0.2) is 36.4 Å². The Morgan fingerprint density at radius 1 is 0.654 bits per heavy atom. The van der Waals surface area contributed by atoms with Crippen molar-refractivity contribution in [1.82, 2.24) is 0 Å². The van der Waals surface area contributed by atoms with Gasteiger partial charge in [0.2, 0.25) is 0 Å². The topological polar surface area (TPSA) is 95.1 Å². The summed E-state index contributed by atoms with van der Waals surface area (Å²) in [6.07, 6.45) is 0. The normalized spacial score (nSPS) is 9.85. The smallest absolute Gasteiger partial charge is 0.314 e. The highest BCUT2D eigenvalue weighted by Crippen LogP contribution is 2.30. The molecule has 0 aromatic heterocycles. The number of nitrogens with one attached hydrogen (secondary N) is 2. The molecular weight excluding hydrogens is 340 g/mol. The number of rotatable bonds is 6. The molecule has 0 unspecified atom stereocenters. The quantitative estimate of drug-likeness (QED) is 0.768. The molecule has 0 saturated carbocycles. The van der Waals surface area contributed by atoms with Gasteiger partial charge in [0.15, 0.2) is 0 Å². The number of carbonyl (C=O) groups excluding carboxylic acids is 2. The van der Waals surface area contributed by atoms with Gasteiger partial charge in [-0.2, -0.15) is 0 Å². The Balaban J connectivity index is 2.17. The molecule has 0 aliphatic rings. The van der Waals surface area contributed by atoms with E-state index in [0.29, 0.717) is 34.4 Å². The van der Waals surface area contributed by atoms with Crippen molar-refractivity contribution in [3.63, 3.8) is 0 Å². The first-order valence-electron chi connectivity index (χ1n) is 7.58. The van der Waals surface area contributed by atoms with Gasteiger partial charge in [0, 0.05) is 12.1 Å². The van der Waals surface area contributed by atoms with Crippen molar-refractivity contribution in [2.24, 2.45) is 0 Å². The molecule has 138 valence electrons. The first-order valence-corrected chi connectivity index (χ1v) is 7.58. The molecule has 0 saturated heterocycles. The Labute approximate surface area is 151 Å². The molecule has 0 bridgehead atoms. The summed E-state index contributed by atoms with van der Waals surface area (Å²) in [5.41, 5.74) is 0.620. The minimum absolute atomic E-state index is 0.310. The molecule has 2 aromatic rings. The van der Waals surface area contributed by atoms with E-state index < -0.39 is 11.8 Å². The molecule has 0 aliphatic carbocycles. The van der Waals surface area contributed by atoms with Crippen LogP contribution in [0.2, 0.25) is 0 Å². The Morgan fingerprint density at radius 3 is 1.35 bits per heavy atom. The summed E-state index contributed by atoms with van der Waals surface area (Å²) in [5.74, 6) is 0.0617. The summed E-state index contributed by atoms with van der Waals surface area (Å²) in [4.78, 5) is 24.5. The van der Waals surface area contributed by atoms with Crippen LogP contribution in [0.25, 0.3) is 0 Å².